The van der Waals surface area contributed by atoms with Crippen molar-refractivity contribution in [3.05, 3.63) is 47.4 Å². The van der Waals surface area contributed by atoms with Gasteiger partial charge in [0.15, 0.2) is 17.1 Å². The highest BCUT2D eigenvalue weighted by Gasteiger charge is 2.16. The van der Waals surface area contributed by atoms with Gasteiger partial charge in [-0.3, -0.25) is 14.2 Å². The van der Waals surface area contributed by atoms with Crippen LogP contribution in [0.4, 0.5) is 5.82 Å². The highest BCUT2D eigenvalue weighted by Crippen LogP contribution is 2.23. The summed E-state index contributed by atoms with van der Waals surface area (Å²) in [6, 6.07) is 5.78. The van der Waals surface area contributed by atoms with Gasteiger partial charge < -0.3 is 4.90 Å². The summed E-state index contributed by atoms with van der Waals surface area (Å²) in [7, 11) is 1.91. The first-order chi connectivity index (χ1) is 9.29. The van der Waals surface area contributed by atoms with Crippen molar-refractivity contribution in [2.24, 2.45) is 0 Å². The van der Waals surface area contributed by atoms with Crippen molar-refractivity contribution in [3.8, 4) is 0 Å². The number of nitrogens with zero attached hydrogens (tertiary/aromatic N) is 4. The third-order valence-corrected chi connectivity index (χ3v) is 3.63. The minimum absolute atomic E-state index is 0.578. The first kappa shape index (κ1) is 11.9. The first-order valence-corrected chi connectivity index (χ1v) is 6.69. The number of pyridine rings is 1. The molecule has 3 aromatic rings. The van der Waals surface area contributed by atoms with Crippen LogP contribution in [0.3, 0.4) is 0 Å². The molecular formula is C13H12N4OS. The van der Waals surface area contributed by atoms with Gasteiger partial charge in [-0.2, -0.15) is 0 Å². The number of hydrogen-bond acceptors (Lipinski definition) is 5. The fourth-order valence-corrected chi connectivity index (χ4v) is 2.71. The molecule has 6 heteroatoms. The maximum atomic E-state index is 11.3. The fraction of sp³-hybridized carbons (Fsp3) is 0.154. The molecule has 0 spiro atoms. The van der Waals surface area contributed by atoms with Gasteiger partial charge in [0, 0.05) is 24.8 Å². The molecule has 0 aliphatic heterocycles. The molecule has 0 radical (unpaired) electrons. The number of carbonyl (C=O) groups excluding carboxylic acids is 1. The van der Waals surface area contributed by atoms with Crippen LogP contribution in [0, 0.1) is 0 Å². The summed E-state index contributed by atoms with van der Waals surface area (Å²) in [6.45, 7) is 0.618. The Bertz CT molecular complexity index is 704. The van der Waals surface area contributed by atoms with E-state index in [0.717, 1.165) is 16.9 Å². The summed E-state index contributed by atoms with van der Waals surface area (Å²) in [6.07, 6.45) is 4.46. The second-order valence-corrected chi connectivity index (χ2v) is 5.04. The van der Waals surface area contributed by atoms with Crippen LogP contribution in [-0.2, 0) is 6.54 Å². The van der Waals surface area contributed by atoms with E-state index in [1.54, 1.807) is 6.20 Å². The third kappa shape index (κ3) is 2.10. The van der Waals surface area contributed by atoms with Crippen molar-refractivity contribution in [3.63, 3.8) is 0 Å². The largest absolute Gasteiger partial charge is 0.352 e. The molecule has 0 aliphatic rings. The molecule has 0 aliphatic carbocycles. The molecule has 0 fully saturated rings. The third-order valence-electron chi connectivity index (χ3n) is 2.88. The molecule has 0 aromatic carbocycles. The van der Waals surface area contributed by atoms with E-state index in [9.17, 15) is 4.79 Å². The molecule has 3 heterocycles. The molecule has 0 amide bonds. The average Bonchev–Trinajstić information content (AvgIpc) is 2.99. The Morgan fingerprint density at radius 2 is 2.37 bits per heavy atom. The zero-order valence-corrected chi connectivity index (χ0v) is 11.2. The van der Waals surface area contributed by atoms with Crippen LogP contribution in [0.15, 0.2) is 36.0 Å². The lowest BCUT2D eigenvalue weighted by atomic mass is 10.3. The number of imidazole rings is 1. The van der Waals surface area contributed by atoms with Gasteiger partial charge in [-0.15, -0.1) is 11.3 Å². The number of carbonyl (C=O) groups is 1. The van der Waals surface area contributed by atoms with E-state index in [0.29, 0.717) is 18.1 Å². The standard InChI is InChI=1S/C13H12N4OS/c1-16(8-10-4-2-3-5-14-10)12-11(9-18)17-6-7-19-13(17)15-12/h2-7,9H,8H2,1H3. The van der Waals surface area contributed by atoms with Gasteiger partial charge in [0.05, 0.1) is 12.2 Å². The van der Waals surface area contributed by atoms with Crippen LogP contribution in [0.5, 0.6) is 0 Å². The van der Waals surface area contributed by atoms with Crippen LogP contribution < -0.4 is 4.90 Å². The van der Waals surface area contributed by atoms with Gasteiger partial charge >= 0.3 is 0 Å². The fourth-order valence-electron chi connectivity index (χ4n) is 1.99. The van der Waals surface area contributed by atoms with Gasteiger partial charge in [0.25, 0.3) is 0 Å². The van der Waals surface area contributed by atoms with Crippen molar-refractivity contribution in [1.82, 2.24) is 14.4 Å². The quantitative estimate of drug-likeness (QED) is 0.683. The maximum absolute atomic E-state index is 11.3. The van der Waals surface area contributed by atoms with Crippen LogP contribution in [-0.4, -0.2) is 27.7 Å². The maximum Gasteiger partial charge on any atom is 0.196 e. The van der Waals surface area contributed by atoms with Gasteiger partial charge in [-0.1, -0.05) is 6.07 Å². The van der Waals surface area contributed by atoms with Crippen molar-refractivity contribution in [2.45, 2.75) is 6.54 Å². The number of hydrogen-bond donors (Lipinski definition) is 0. The SMILES string of the molecule is CN(Cc1ccccn1)c1nc2sccn2c1C=O. The molecule has 3 aromatic heterocycles. The Morgan fingerprint density at radius 1 is 1.47 bits per heavy atom. The van der Waals surface area contributed by atoms with E-state index in [4.69, 9.17) is 0 Å². The minimum atomic E-state index is 0.578. The first-order valence-electron chi connectivity index (χ1n) is 5.81. The molecule has 0 saturated heterocycles. The lowest BCUT2D eigenvalue weighted by Crippen LogP contribution is -2.19. The van der Waals surface area contributed by atoms with E-state index in [-0.39, 0.29) is 0 Å². The van der Waals surface area contributed by atoms with E-state index >= 15 is 0 Å². The lowest BCUT2D eigenvalue weighted by Gasteiger charge is -2.16. The summed E-state index contributed by atoms with van der Waals surface area (Å²) in [4.78, 5) is 22.8. The predicted molar refractivity (Wildman–Crippen MR) is 74.8 cm³/mol. The Kier molecular flexibility index (Phi) is 3.00. The number of aromatic nitrogens is 3. The Balaban J connectivity index is 1.95. The average molecular weight is 272 g/mol. The number of thiazole rings is 1. The highest BCUT2D eigenvalue weighted by atomic mass is 32.1. The normalized spacial score (nSPS) is 10.8. The summed E-state index contributed by atoms with van der Waals surface area (Å²) in [5.74, 6) is 0.688. The summed E-state index contributed by atoms with van der Waals surface area (Å²) in [5.41, 5.74) is 1.52. The lowest BCUT2D eigenvalue weighted by molar-refractivity contribution is 0.111. The van der Waals surface area contributed by atoms with Crippen molar-refractivity contribution < 1.29 is 4.79 Å². The van der Waals surface area contributed by atoms with Crippen LogP contribution in [0.25, 0.3) is 4.96 Å². The number of aldehydes is 1. The van der Waals surface area contributed by atoms with Crippen molar-refractivity contribution in [1.29, 1.82) is 0 Å². The summed E-state index contributed by atoms with van der Waals surface area (Å²) in [5, 5.41) is 1.91. The topological polar surface area (TPSA) is 50.5 Å². The van der Waals surface area contributed by atoms with Crippen LogP contribution in [0.2, 0.25) is 0 Å². The second kappa shape index (κ2) is 4.81. The van der Waals surface area contributed by atoms with E-state index < -0.39 is 0 Å². The molecule has 0 N–H and O–H groups in total. The number of anilines is 1. The Labute approximate surface area is 114 Å². The minimum Gasteiger partial charge on any atom is -0.352 e. The highest BCUT2D eigenvalue weighted by molar-refractivity contribution is 7.15. The second-order valence-electron chi connectivity index (χ2n) is 4.17. The molecule has 0 atom stereocenters. The summed E-state index contributed by atoms with van der Waals surface area (Å²) < 4.78 is 1.81. The summed E-state index contributed by atoms with van der Waals surface area (Å²) >= 11 is 1.51. The predicted octanol–water partition coefficient (Wildman–Crippen LogP) is 2.24. The zero-order chi connectivity index (χ0) is 13.2. The number of fused-ring (bicyclic) bond motifs is 1. The van der Waals surface area contributed by atoms with E-state index in [2.05, 4.69) is 9.97 Å². The molecule has 96 valence electrons. The molecular weight excluding hydrogens is 260 g/mol. The van der Waals surface area contributed by atoms with E-state index in [1.807, 2.05) is 46.1 Å². The molecule has 5 nitrogen and oxygen atoms in total. The van der Waals surface area contributed by atoms with Gasteiger partial charge in [0.2, 0.25) is 0 Å². The van der Waals surface area contributed by atoms with Crippen LogP contribution >= 0.6 is 11.3 Å². The zero-order valence-electron chi connectivity index (χ0n) is 10.4. The Morgan fingerprint density at radius 3 is 3.11 bits per heavy atom. The molecule has 0 bridgehead atoms. The molecule has 3 rings (SSSR count). The van der Waals surface area contributed by atoms with Gasteiger partial charge in [-0.25, -0.2) is 4.98 Å². The van der Waals surface area contributed by atoms with E-state index in [1.165, 1.54) is 11.3 Å². The molecule has 0 unspecified atom stereocenters. The monoisotopic (exact) mass is 272 g/mol. The number of rotatable bonds is 4. The molecule has 0 saturated carbocycles. The smallest absolute Gasteiger partial charge is 0.196 e. The van der Waals surface area contributed by atoms with Gasteiger partial charge in [-0.05, 0) is 12.1 Å². The van der Waals surface area contributed by atoms with Crippen molar-refractivity contribution >= 4 is 28.4 Å². The van der Waals surface area contributed by atoms with Crippen molar-refractivity contribution in [2.75, 3.05) is 11.9 Å². The molecule has 19 heavy (non-hydrogen) atoms. The van der Waals surface area contributed by atoms with Gasteiger partial charge in [0.1, 0.15) is 5.69 Å². The van der Waals surface area contributed by atoms with Crippen LogP contribution in [0.1, 0.15) is 16.2 Å². The Hall–Kier alpha value is -2.21.